The second-order valence-electron chi connectivity index (χ2n) is 4.89. The molecule has 0 atom stereocenters. The molecule has 122 valence electrons. The van der Waals surface area contributed by atoms with Crippen molar-refractivity contribution in [3.05, 3.63) is 59.4 Å². The SMILES string of the molecule is COC(=O)c1ccccc1N(C)S(=O)(=O)c1cc(F)ccc1C. The van der Waals surface area contributed by atoms with Crippen molar-refractivity contribution in [3.8, 4) is 0 Å². The molecule has 2 aromatic carbocycles. The summed E-state index contributed by atoms with van der Waals surface area (Å²) in [5, 5.41) is 0. The standard InChI is InChI=1S/C16H16FNO4S/c1-11-8-9-12(17)10-15(11)23(20,21)18(2)14-7-5-4-6-13(14)16(19)22-3/h4-10H,1-3H3. The van der Waals surface area contributed by atoms with E-state index in [0.29, 0.717) is 5.56 Å². The Hall–Kier alpha value is -2.41. The number of hydrogen-bond acceptors (Lipinski definition) is 4. The van der Waals surface area contributed by atoms with Crippen LogP contribution in [-0.2, 0) is 14.8 Å². The number of anilines is 1. The zero-order chi connectivity index (χ0) is 17.2. The number of rotatable bonds is 4. The average molecular weight is 337 g/mol. The molecule has 5 nitrogen and oxygen atoms in total. The molecule has 0 radical (unpaired) electrons. The Kier molecular flexibility index (Phi) is 4.70. The lowest BCUT2D eigenvalue weighted by molar-refractivity contribution is 0.0601. The molecule has 2 rings (SSSR count). The monoisotopic (exact) mass is 337 g/mol. The molecule has 23 heavy (non-hydrogen) atoms. The molecule has 7 heteroatoms. The van der Waals surface area contributed by atoms with Crippen LogP contribution in [0.3, 0.4) is 0 Å². The van der Waals surface area contributed by atoms with Crippen LogP contribution in [0, 0.1) is 12.7 Å². The Labute approximate surface area is 134 Å². The molecule has 0 aliphatic heterocycles. The van der Waals surface area contributed by atoms with E-state index < -0.39 is 21.8 Å². The molecule has 0 heterocycles. The Morgan fingerprint density at radius 1 is 1.17 bits per heavy atom. The Balaban J connectivity index is 2.58. The highest BCUT2D eigenvalue weighted by Gasteiger charge is 2.27. The molecular formula is C16H16FNO4S. The highest BCUT2D eigenvalue weighted by Crippen LogP contribution is 2.28. The summed E-state index contributed by atoms with van der Waals surface area (Å²) in [7, 11) is -1.50. The summed E-state index contributed by atoms with van der Waals surface area (Å²) in [4.78, 5) is 11.7. The maximum atomic E-state index is 13.4. The summed E-state index contributed by atoms with van der Waals surface area (Å²) in [6.07, 6.45) is 0. The number of sulfonamides is 1. The van der Waals surface area contributed by atoms with Crippen LogP contribution in [0.1, 0.15) is 15.9 Å². The molecular weight excluding hydrogens is 321 g/mol. The first-order valence-corrected chi connectivity index (χ1v) is 8.15. The molecule has 0 bridgehead atoms. The highest BCUT2D eigenvalue weighted by atomic mass is 32.2. The van der Waals surface area contributed by atoms with Gasteiger partial charge < -0.3 is 4.74 Å². The van der Waals surface area contributed by atoms with E-state index in [1.54, 1.807) is 19.1 Å². The lowest BCUT2D eigenvalue weighted by Crippen LogP contribution is -2.29. The van der Waals surface area contributed by atoms with Gasteiger partial charge in [0.1, 0.15) is 5.82 Å². The number of hydrogen-bond donors (Lipinski definition) is 0. The molecule has 0 amide bonds. The zero-order valence-corrected chi connectivity index (χ0v) is 13.7. The predicted molar refractivity (Wildman–Crippen MR) is 84.5 cm³/mol. The van der Waals surface area contributed by atoms with Crippen LogP contribution in [-0.4, -0.2) is 28.5 Å². The minimum Gasteiger partial charge on any atom is -0.465 e. The summed E-state index contributed by atoms with van der Waals surface area (Å²) in [5.74, 6) is -1.30. The zero-order valence-electron chi connectivity index (χ0n) is 12.9. The number of methoxy groups -OCH3 is 1. The van der Waals surface area contributed by atoms with Crippen molar-refractivity contribution in [1.29, 1.82) is 0 Å². The van der Waals surface area contributed by atoms with Crippen molar-refractivity contribution in [2.24, 2.45) is 0 Å². The van der Waals surface area contributed by atoms with Gasteiger partial charge in [0.2, 0.25) is 0 Å². The summed E-state index contributed by atoms with van der Waals surface area (Å²) in [6, 6.07) is 9.70. The van der Waals surface area contributed by atoms with Gasteiger partial charge in [-0.05, 0) is 36.8 Å². The number of aryl methyl sites for hydroxylation is 1. The van der Waals surface area contributed by atoms with Crippen molar-refractivity contribution < 1.29 is 22.3 Å². The second kappa shape index (κ2) is 6.37. The Morgan fingerprint density at radius 2 is 1.83 bits per heavy atom. The summed E-state index contributed by atoms with van der Waals surface area (Å²) >= 11 is 0. The van der Waals surface area contributed by atoms with E-state index in [9.17, 15) is 17.6 Å². The van der Waals surface area contributed by atoms with Crippen LogP contribution in [0.5, 0.6) is 0 Å². The van der Waals surface area contributed by atoms with Crippen molar-refractivity contribution in [1.82, 2.24) is 0 Å². The van der Waals surface area contributed by atoms with Gasteiger partial charge in [0.15, 0.2) is 0 Å². The first kappa shape index (κ1) is 17.0. The van der Waals surface area contributed by atoms with Crippen LogP contribution >= 0.6 is 0 Å². The minimum atomic E-state index is -4.02. The first-order valence-electron chi connectivity index (χ1n) is 6.71. The van der Waals surface area contributed by atoms with Gasteiger partial charge in [0.25, 0.3) is 10.0 Å². The van der Waals surface area contributed by atoms with E-state index in [-0.39, 0.29) is 16.1 Å². The molecule has 0 aliphatic carbocycles. The van der Waals surface area contributed by atoms with Crippen LogP contribution < -0.4 is 4.31 Å². The van der Waals surface area contributed by atoms with Gasteiger partial charge in [-0.25, -0.2) is 17.6 Å². The third-order valence-corrected chi connectivity index (χ3v) is 5.35. The number of halogens is 1. The third kappa shape index (κ3) is 3.19. The van der Waals surface area contributed by atoms with E-state index in [4.69, 9.17) is 0 Å². The Bertz CT molecular complexity index is 849. The molecule has 0 saturated heterocycles. The molecule has 0 aliphatic rings. The van der Waals surface area contributed by atoms with Gasteiger partial charge in [-0.15, -0.1) is 0 Å². The molecule has 0 fully saturated rings. The van der Waals surface area contributed by atoms with Gasteiger partial charge in [-0.1, -0.05) is 18.2 Å². The van der Waals surface area contributed by atoms with Gasteiger partial charge in [0, 0.05) is 7.05 Å². The summed E-state index contributed by atoms with van der Waals surface area (Å²) in [6.45, 7) is 1.58. The van der Waals surface area contributed by atoms with Crippen molar-refractivity contribution >= 4 is 21.7 Å². The van der Waals surface area contributed by atoms with E-state index in [1.165, 1.54) is 38.4 Å². The van der Waals surface area contributed by atoms with E-state index in [0.717, 1.165) is 10.4 Å². The van der Waals surface area contributed by atoms with Crippen LogP contribution in [0.15, 0.2) is 47.4 Å². The fourth-order valence-corrected chi connectivity index (χ4v) is 3.61. The smallest absolute Gasteiger partial charge is 0.340 e. The highest BCUT2D eigenvalue weighted by molar-refractivity contribution is 7.92. The summed E-state index contributed by atoms with van der Waals surface area (Å²) in [5.41, 5.74) is 0.673. The van der Waals surface area contributed by atoms with E-state index in [1.807, 2.05) is 0 Å². The third-order valence-electron chi connectivity index (χ3n) is 3.44. The molecule has 0 N–H and O–H groups in total. The van der Waals surface area contributed by atoms with Gasteiger partial charge in [0.05, 0.1) is 23.3 Å². The quantitative estimate of drug-likeness (QED) is 0.805. The maximum absolute atomic E-state index is 13.4. The fraction of sp³-hybridized carbons (Fsp3) is 0.188. The number of benzene rings is 2. The number of carbonyl (C=O) groups is 1. The lowest BCUT2D eigenvalue weighted by atomic mass is 10.2. The number of ether oxygens (including phenoxy) is 1. The van der Waals surface area contributed by atoms with Crippen LogP contribution in [0.2, 0.25) is 0 Å². The minimum absolute atomic E-state index is 0.107. The van der Waals surface area contributed by atoms with E-state index >= 15 is 0 Å². The van der Waals surface area contributed by atoms with Crippen molar-refractivity contribution in [2.75, 3.05) is 18.5 Å². The molecule has 2 aromatic rings. The largest absolute Gasteiger partial charge is 0.465 e. The van der Waals surface area contributed by atoms with Crippen LogP contribution in [0.25, 0.3) is 0 Å². The predicted octanol–water partition coefficient (Wildman–Crippen LogP) is 2.75. The van der Waals surface area contributed by atoms with Gasteiger partial charge in [-0.3, -0.25) is 4.31 Å². The average Bonchev–Trinajstić information content (AvgIpc) is 2.55. The van der Waals surface area contributed by atoms with E-state index in [2.05, 4.69) is 4.74 Å². The topological polar surface area (TPSA) is 63.7 Å². The number of nitrogens with zero attached hydrogens (tertiary/aromatic N) is 1. The summed E-state index contributed by atoms with van der Waals surface area (Å²) < 4.78 is 44.6. The second-order valence-corrected chi connectivity index (χ2v) is 6.83. The first-order chi connectivity index (χ1) is 10.8. The molecule has 0 unspecified atom stereocenters. The molecule has 0 spiro atoms. The van der Waals surface area contributed by atoms with Gasteiger partial charge >= 0.3 is 5.97 Å². The lowest BCUT2D eigenvalue weighted by Gasteiger charge is -2.22. The maximum Gasteiger partial charge on any atom is 0.340 e. The molecule has 0 aromatic heterocycles. The molecule has 0 saturated carbocycles. The van der Waals surface area contributed by atoms with Gasteiger partial charge in [-0.2, -0.15) is 0 Å². The number of carbonyl (C=O) groups excluding carboxylic acids is 1. The van der Waals surface area contributed by atoms with Crippen molar-refractivity contribution in [3.63, 3.8) is 0 Å². The Morgan fingerprint density at radius 3 is 2.48 bits per heavy atom. The number of para-hydroxylation sites is 1. The van der Waals surface area contributed by atoms with Crippen molar-refractivity contribution in [2.45, 2.75) is 11.8 Å². The fourth-order valence-electron chi connectivity index (χ4n) is 2.16. The van der Waals surface area contributed by atoms with Crippen LogP contribution in [0.4, 0.5) is 10.1 Å². The number of esters is 1. The normalized spacial score (nSPS) is 11.1.